The lowest BCUT2D eigenvalue weighted by Gasteiger charge is -2.31. The van der Waals surface area contributed by atoms with Crippen molar-refractivity contribution in [1.29, 1.82) is 0 Å². The molecule has 43 heavy (non-hydrogen) atoms. The average molecular weight is 609 g/mol. The van der Waals surface area contributed by atoms with Gasteiger partial charge in [-0.25, -0.2) is 18.9 Å². The van der Waals surface area contributed by atoms with Crippen molar-refractivity contribution in [3.8, 4) is 0 Å². The molecule has 2 atom stereocenters. The Morgan fingerprint density at radius 3 is 2.49 bits per heavy atom. The van der Waals surface area contributed by atoms with Crippen LogP contribution in [0.25, 0.3) is 0 Å². The molecule has 3 N–H and O–H groups in total. The number of anilines is 1. The number of hydrogen-bond acceptors (Lipinski definition) is 6. The normalized spacial score (nSPS) is 18.3. The standard InChI is InChI=1S/C28H28F4N4O7/c1-16(28(30,31)32)35(14-17-4-6-19(29)7-5-17)22(37)15-36-24(40)27(43-26(36)42)11-10-18-13-20(8-9-21(18)27)34-25(41)33-12-2-3-23(38)39/h4-9,13,16H,2-3,10-12,14-15H2,1H3,(H,38,39)(H2,33,34,41)/t16-,27+/m0/s1. The zero-order chi connectivity index (χ0) is 31.5. The molecular formula is C28H28F4N4O7. The Kier molecular flexibility index (Phi) is 8.92. The quantitative estimate of drug-likeness (QED) is 0.274. The number of fused-ring (bicyclic) bond motifs is 2. The van der Waals surface area contributed by atoms with Crippen molar-refractivity contribution in [1.82, 2.24) is 15.1 Å². The Labute approximate surface area is 242 Å². The molecule has 2 aliphatic rings. The first-order chi connectivity index (χ1) is 20.2. The van der Waals surface area contributed by atoms with Gasteiger partial charge in [0, 0.05) is 37.2 Å². The number of halogens is 4. The van der Waals surface area contributed by atoms with Crippen LogP contribution in [0.1, 0.15) is 42.9 Å². The second-order valence-corrected chi connectivity index (χ2v) is 10.2. The molecule has 2 aromatic rings. The summed E-state index contributed by atoms with van der Waals surface area (Å²) in [6.07, 6.45) is -5.60. The highest BCUT2D eigenvalue weighted by molar-refractivity contribution is 6.06. The topological polar surface area (TPSA) is 145 Å². The van der Waals surface area contributed by atoms with E-state index in [9.17, 15) is 41.5 Å². The molecule has 15 heteroatoms. The summed E-state index contributed by atoms with van der Waals surface area (Å²) in [5, 5.41) is 13.8. The van der Waals surface area contributed by atoms with E-state index in [1.807, 2.05) is 0 Å². The fraction of sp³-hybridized carbons (Fsp3) is 0.393. The summed E-state index contributed by atoms with van der Waals surface area (Å²) in [6, 6.07) is 6.19. The number of carbonyl (C=O) groups excluding carboxylic acids is 4. The van der Waals surface area contributed by atoms with Gasteiger partial charge in [-0.3, -0.25) is 14.4 Å². The first kappa shape index (κ1) is 31.3. The maximum atomic E-state index is 13.6. The molecule has 2 aromatic carbocycles. The lowest BCUT2D eigenvalue weighted by molar-refractivity contribution is -0.187. The van der Waals surface area contributed by atoms with Crippen LogP contribution >= 0.6 is 0 Å². The lowest BCUT2D eigenvalue weighted by atomic mass is 9.94. The number of benzene rings is 2. The predicted octanol–water partition coefficient (Wildman–Crippen LogP) is 3.91. The molecule has 1 saturated heterocycles. The SMILES string of the molecule is C[C@H](N(Cc1ccc(F)cc1)C(=O)CN1C(=O)O[C@@]2(CCc3cc(NC(=O)NCCCC(=O)O)ccc32)C1=O)C(F)(F)F. The van der Waals surface area contributed by atoms with E-state index in [0.29, 0.717) is 26.6 Å². The Hall–Kier alpha value is -4.69. The maximum absolute atomic E-state index is 13.6. The number of nitrogens with one attached hydrogen (secondary N) is 2. The van der Waals surface area contributed by atoms with Gasteiger partial charge in [-0.05, 0) is 55.2 Å². The molecule has 11 nitrogen and oxygen atoms in total. The van der Waals surface area contributed by atoms with Crippen molar-refractivity contribution in [2.24, 2.45) is 0 Å². The Balaban J connectivity index is 1.47. The number of nitrogens with zero attached hydrogens (tertiary/aromatic N) is 2. The van der Waals surface area contributed by atoms with Crippen LogP contribution in [0.5, 0.6) is 0 Å². The summed E-state index contributed by atoms with van der Waals surface area (Å²) < 4.78 is 59.7. The predicted molar refractivity (Wildman–Crippen MR) is 141 cm³/mol. The summed E-state index contributed by atoms with van der Waals surface area (Å²) in [5.74, 6) is -3.67. The number of amides is 5. The second-order valence-electron chi connectivity index (χ2n) is 10.2. The van der Waals surface area contributed by atoms with Gasteiger partial charge in [-0.2, -0.15) is 13.2 Å². The minimum atomic E-state index is -4.82. The molecule has 5 amide bonds. The Bertz CT molecular complexity index is 1430. The number of hydrogen-bond donors (Lipinski definition) is 3. The monoisotopic (exact) mass is 608 g/mol. The van der Waals surface area contributed by atoms with Crippen LogP contribution in [-0.4, -0.2) is 70.1 Å². The lowest BCUT2D eigenvalue weighted by Crippen LogP contribution is -2.51. The number of rotatable bonds is 10. The van der Waals surface area contributed by atoms with E-state index in [0.717, 1.165) is 19.1 Å². The molecule has 0 aromatic heterocycles. The molecule has 1 spiro atoms. The Morgan fingerprint density at radius 2 is 1.84 bits per heavy atom. The highest BCUT2D eigenvalue weighted by Gasteiger charge is 2.58. The van der Waals surface area contributed by atoms with Crippen LogP contribution in [0, 0.1) is 5.82 Å². The molecule has 1 aliphatic carbocycles. The third kappa shape index (κ3) is 6.87. The van der Waals surface area contributed by atoms with Crippen LogP contribution < -0.4 is 10.6 Å². The molecule has 230 valence electrons. The van der Waals surface area contributed by atoms with E-state index >= 15 is 0 Å². The number of alkyl halides is 3. The first-order valence-corrected chi connectivity index (χ1v) is 13.3. The van der Waals surface area contributed by atoms with Crippen molar-refractivity contribution in [3.63, 3.8) is 0 Å². The summed E-state index contributed by atoms with van der Waals surface area (Å²) in [6.45, 7) is -0.651. The van der Waals surface area contributed by atoms with Crippen molar-refractivity contribution >= 4 is 35.6 Å². The molecule has 0 unspecified atom stereocenters. The molecule has 0 bridgehead atoms. The van der Waals surface area contributed by atoms with E-state index in [-0.39, 0.29) is 37.8 Å². The number of aliphatic carboxylic acids is 1. The molecule has 1 aliphatic heterocycles. The van der Waals surface area contributed by atoms with Gasteiger partial charge >= 0.3 is 24.3 Å². The van der Waals surface area contributed by atoms with E-state index < -0.39 is 66.6 Å². The van der Waals surface area contributed by atoms with Crippen molar-refractivity contribution in [2.75, 3.05) is 18.4 Å². The van der Waals surface area contributed by atoms with E-state index in [1.165, 1.54) is 24.3 Å². The third-order valence-electron chi connectivity index (χ3n) is 7.29. The van der Waals surface area contributed by atoms with Crippen LogP contribution in [0.2, 0.25) is 0 Å². The van der Waals surface area contributed by atoms with Gasteiger partial charge in [0.1, 0.15) is 18.4 Å². The van der Waals surface area contributed by atoms with Gasteiger partial charge in [-0.1, -0.05) is 18.2 Å². The first-order valence-electron chi connectivity index (χ1n) is 13.3. The molecule has 0 radical (unpaired) electrons. The Morgan fingerprint density at radius 1 is 1.14 bits per heavy atom. The van der Waals surface area contributed by atoms with Gasteiger partial charge in [0.2, 0.25) is 11.5 Å². The zero-order valence-electron chi connectivity index (χ0n) is 22.9. The van der Waals surface area contributed by atoms with Gasteiger partial charge in [0.25, 0.3) is 5.91 Å². The third-order valence-corrected chi connectivity index (χ3v) is 7.29. The van der Waals surface area contributed by atoms with E-state index in [4.69, 9.17) is 9.84 Å². The number of carbonyl (C=O) groups is 5. The number of ether oxygens (including phenoxy) is 1. The summed E-state index contributed by atoms with van der Waals surface area (Å²) in [5.41, 5.74) is -0.322. The van der Waals surface area contributed by atoms with Gasteiger partial charge in [0.15, 0.2) is 0 Å². The van der Waals surface area contributed by atoms with Gasteiger partial charge in [0.05, 0.1) is 0 Å². The highest BCUT2D eigenvalue weighted by Crippen LogP contribution is 2.46. The number of aryl methyl sites for hydroxylation is 1. The minimum absolute atomic E-state index is 0.0146. The summed E-state index contributed by atoms with van der Waals surface area (Å²) in [7, 11) is 0. The van der Waals surface area contributed by atoms with Gasteiger partial charge in [-0.15, -0.1) is 0 Å². The highest BCUT2D eigenvalue weighted by atomic mass is 19.4. The molecule has 0 saturated carbocycles. The van der Waals surface area contributed by atoms with Crippen molar-refractivity contribution in [2.45, 2.75) is 57.0 Å². The molecular weight excluding hydrogens is 580 g/mol. The van der Waals surface area contributed by atoms with Crippen LogP contribution in [0.4, 0.5) is 32.8 Å². The molecule has 1 heterocycles. The number of carboxylic acids is 1. The fourth-order valence-corrected chi connectivity index (χ4v) is 4.98. The smallest absolute Gasteiger partial charge is 0.418 e. The van der Waals surface area contributed by atoms with Gasteiger partial charge < -0.3 is 25.4 Å². The number of carboxylic acid groups (broad SMARTS) is 1. The minimum Gasteiger partial charge on any atom is -0.481 e. The van der Waals surface area contributed by atoms with E-state index in [1.54, 1.807) is 6.07 Å². The van der Waals surface area contributed by atoms with Crippen molar-refractivity contribution < 1.29 is 51.4 Å². The summed E-state index contributed by atoms with van der Waals surface area (Å²) >= 11 is 0. The second kappa shape index (κ2) is 12.3. The zero-order valence-corrected chi connectivity index (χ0v) is 22.9. The number of urea groups is 1. The van der Waals surface area contributed by atoms with Crippen LogP contribution in [0.15, 0.2) is 42.5 Å². The average Bonchev–Trinajstić information content (AvgIpc) is 3.41. The fourth-order valence-electron chi connectivity index (χ4n) is 4.98. The number of imide groups is 1. The van der Waals surface area contributed by atoms with Crippen LogP contribution in [-0.2, 0) is 37.7 Å². The van der Waals surface area contributed by atoms with Crippen molar-refractivity contribution in [3.05, 3.63) is 65.0 Å². The largest absolute Gasteiger partial charge is 0.481 e. The summed E-state index contributed by atoms with van der Waals surface area (Å²) in [4.78, 5) is 63.1. The van der Waals surface area contributed by atoms with E-state index in [2.05, 4.69) is 10.6 Å². The van der Waals surface area contributed by atoms with Crippen LogP contribution in [0.3, 0.4) is 0 Å². The molecule has 1 fully saturated rings. The maximum Gasteiger partial charge on any atom is 0.418 e. The molecule has 4 rings (SSSR count).